The van der Waals surface area contributed by atoms with E-state index in [1.807, 2.05) is 0 Å². The van der Waals surface area contributed by atoms with Crippen molar-refractivity contribution in [3.05, 3.63) is 64.9 Å². The van der Waals surface area contributed by atoms with Crippen LogP contribution in [0.2, 0.25) is 0 Å². The first-order valence-electron chi connectivity index (χ1n) is 8.80. The lowest BCUT2D eigenvalue weighted by Crippen LogP contribution is -2.35. The number of furan rings is 2. The van der Waals surface area contributed by atoms with Crippen molar-refractivity contribution in [3.63, 3.8) is 0 Å². The van der Waals surface area contributed by atoms with Crippen LogP contribution >= 0.6 is 11.3 Å². The van der Waals surface area contributed by atoms with Crippen molar-refractivity contribution in [2.45, 2.75) is 13.0 Å². The summed E-state index contributed by atoms with van der Waals surface area (Å²) in [4.78, 5) is 32.0. The molecule has 5 heterocycles. The van der Waals surface area contributed by atoms with Gasteiger partial charge in [0.1, 0.15) is 0 Å². The Hall–Kier alpha value is -3.66. The molecule has 0 atom stereocenters. The maximum Gasteiger partial charge on any atom is 0.293 e. The van der Waals surface area contributed by atoms with Gasteiger partial charge in [0, 0.05) is 23.9 Å². The maximum absolute atomic E-state index is 12.8. The van der Waals surface area contributed by atoms with Crippen LogP contribution < -0.4 is 5.32 Å². The third kappa shape index (κ3) is 3.34. The van der Waals surface area contributed by atoms with E-state index >= 15 is 0 Å². The van der Waals surface area contributed by atoms with Gasteiger partial charge in [-0.25, -0.2) is 4.98 Å². The molecule has 0 saturated heterocycles. The molecule has 0 aromatic carbocycles. The topological polar surface area (TPSA) is 115 Å². The molecule has 1 aliphatic rings. The lowest BCUT2D eigenvalue weighted by Gasteiger charge is -2.25. The van der Waals surface area contributed by atoms with Crippen molar-refractivity contribution in [2.24, 2.45) is 0 Å². The summed E-state index contributed by atoms with van der Waals surface area (Å²) in [6, 6.07) is 8.26. The number of nitrogens with one attached hydrogen (secondary N) is 1. The van der Waals surface area contributed by atoms with Gasteiger partial charge in [-0.3, -0.25) is 14.9 Å². The Labute approximate surface area is 167 Å². The maximum atomic E-state index is 12.8. The summed E-state index contributed by atoms with van der Waals surface area (Å²) in [5.74, 6) is 0.538. The van der Waals surface area contributed by atoms with E-state index in [4.69, 9.17) is 13.4 Å². The molecule has 2 amide bonds. The van der Waals surface area contributed by atoms with Crippen molar-refractivity contribution >= 4 is 28.3 Å². The number of thiazole rings is 1. The van der Waals surface area contributed by atoms with Crippen LogP contribution in [0.4, 0.5) is 5.13 Å². The molecule has 9 nitrogen and oxygen atoms in total. The first kappa shape index (κ1) is 17.4. The molecule has 0 bridgehead atoms. The largest absolute Gasteiger partial charge is 0.461 e. The van der Waals surface area contributed by atoms with E-state index < -0.39 is 0 Å². The highest BCUT2D eigenvalue weighted by molar-refractivity contribution is 7.15. The molecular weight excluding hydrogens is 396 g/mol. The van der Waals surface area contributed by atoms with Crippen molar-refractivity contribution in [1.29, 1.82) is 0 Å². The summed E-state index contributed by atoms with van der Waals surface area (Å²) >= 11 is 1.34. The average Bonchev–Trinajstić information content (AvgIpc) is 3.53. The fraction of sp³-hybridized carbons (Fsp3) is 0.158. The van der Waals surface area contributed by atoms with E-state index in [0.29, 0.717) is 36.2 Å². The summed E-state index contributed by atoms with van der Waals surface area (Å²) in [6.07, 6.45) is 3.56. The minimum Gasteiger partial charge on any atom is -0.461 e. The third-order valence-electron chi connectivity index (χ3n) is 4.48. The minimum atomic E-state index is -0.359. The fourth-order valence-electron chi connectivity index (χ4n) is 3.06. The Balaban J connectivity index is 1.29. The number of anilines is 1. The second-order valence-corrected chi connectivity index (χ2v) is 7.43. The molecule has 146 valence electrons. The Bertz CT molecular complexity index is 1160. The standard InChI is InChI=1S/C19H14N4O5S/c24-17(14-4-2-8-27-14)21-19-20-11-5-6-23(10-16(11)29-19)18(25)12-9-15(28-22-12)13-3-1-7-26-13/h1-4,7-9H,5-6,10H2,(H,20,21,24). The molecule has 4 aromatic heterocycles. The molecule has 0 aliphatic carbocycles. The molecule has 10 heteroatoms. The number of amides is 2. The second-order valence-electron chi connectivity index (χ2n) is 6.35. The summed E-state index contributed by atoms with van der Waals surface area (Å²) in [5, 5.41) is 7.08. The van der Waals surface area contributed by atoms with Crippen LogP contribution in [0.15, 0.2) is 56.2 Å². The quantitative estimate of drug-likeness (QED) is 0.548. The number of hydrogen-bond donors (Lipinski definition) is 1. The van der Waals surface area contributed by atoms with Crippen molar-refractivity contribution in [1.82, 2.24) is 15.0 Å². The minimum absolute atomic E-state index is 0.216. The molecule has 1 aliphatic heterocycles. The van der Waals surface area contributed by atoms with E-state index in [1.54, 1.807) is 35.2 Å². The van der Waals surface area contributed by atoms with Gasteiger partial charge in [-0.1, -0.05) is 16.5 Å². The number of rotatable bonds is 4. The van der Waals surface area contributed by atoms with Gasteiger partial charge < -0.3 is 18.3 Å². The first-order chi connectivity index (χ1) is 14.2. The lowest BCUT2D eigenvalue weighted by atomic mass is 10.1. The Morgan fingerprint density at radius 1 is 1.14 bits per heavy atom. The van der Waals surface area contributed by atoms with Gasteiger partial charge in [-0.05, 0) is 24.3 Å². The van der Waals surface area contributed by atoms with Crippen LogP contribution in [0.3, 0.4) is 0 Å². The Kier molecular flexibility index (Phi) is 4.24. The van der Waals surface area contributed by atoms with Crippen LogP contribution in [-0.4, -0.2) is 33.4 Å². The molecule has 29 heavy (non-hydrogen) atoms. The SMILES string of the molecule is O=C(Nc1nc2c(s1)CN(C(=O)c1cc(-c3ccco3)on1)CC2)c1ccco1. The highest BCUT2D eigenvalue weighted by Crippen LogP contribution is 2.30. The van der Waals surface area contributed by atoms with Gasteiger partial charge in [0.2, 0.25) is 5.76 Å². The van der Waals surface area contributed by atoms with E-state index in [0.717, 1.165) is 10.6 Å². The van der Waals surface area contributed by atoms with E-state index in [9.17, 15) is 9.59 Å². The summed E-state index contributed by atoms with van der Waals surface area (Å²) < 4.78 is 15.6. The zero-order valence-electron chi connectivity index (χ0n) is 15.0. The van der Waals surface area contributed by atoms with Crippen molar-refractivity contribution in [2.75, 3.05) is 11.9 Å². The second kappa shape index (κ2) is 7.06. The van der Waals surface area contributed by atoms with E-state index in [1.165, 1.54) is 23.9 Å². The van der Waals surface area contributed by atoms with Gasteiger partial charge in [0.15, 0.2) is 22.3 Å². The van der Waals surface area contributed by atoms with Crippen molar-refractivity contribution < 1.29 is 22.9 Å². The molecule has 0 fully saturated rings. The Morgan fingerprint density at radius 2 is 2.00 bits per heavy atom. The molecule has 4 aromatic rings. The molecule has 1 N–H and O–H groups in total. The van der Waals surface area contributed by atoms with Crippen LogP contribution in [0.5, 0.6) is 0 Å². The van der Waals surface area contributed by atoms with Gasteiger partial charge >= 0.3 is 0 Å². The normalized spacial score (nSPS) is 13.3. The number of carbonyl (C=O) groups is 2. The third-order valence-corrected chi connectivity index (χ3v) is 5.48. The average molecular weight is 410 g/mol. The number of nitrogens with zero attached hydrogens (tertiary/aromatic N) is 3. The van der Waals surface area contributed by atoms with Gasteiger partial charge in [0.05, 0.1) is 24.8 Å². The van der Waals surface area contributed by atoms with Crippen LogP contribution in [0.1, 0.15) is 31.6 Å². The number of carbonyl (C=O) groups excluding carboxylic acids is 2. The predicted molar refractivity (Wildman–Crippen MR) is 101 cm³/mol. The summed E-state index contributed by atoms with van der Waals surface area (Å²) in [5.41, 5.74) is 1.10. The van der Waals surface area contributed by atoms with Gasteiger partial charge in [-0.15, -0.1) is 0 Å². The summed E-state index contributed by atoms with van der Waals surface area (Å²) in [6.45, 7) is 0.898. The van der Waals surface area contributed by atoms with Crippen LogP contribution in [0.25, 0.3) is 11.5 Å². The molecule has 0 spiro atoms. The highest BCUT2D eigenvalue weighted by Gasteiger charge is 2.27. The van der Waals surface area contributed by atoms with E-state index in [-0.39, 0.29) is 23.3 Å². The zero-order chi connectivity index (χ0) is 19.8. The number of hydrogen-bond acceptors (Lipinski definition) is 8. The molecular formula is C19H14N4O5S. The summed E-state index contributed by atoms with van der Waals surface area (Å²) in [7, 11) is 0. The van der Waals surface area contributed by atoms with Crippen molar-refractivity contribution in [3.8, 4) is 11.5 Å². The number of aromatic nitrogens is 2. The first-order valence-corrected chi connectivity index (χ1v) is 9.62. The highest BCUT2D eigenvalue weighted by atomic mass is 32.1. The molecule has 0 unspecified atom stereocenters. The van der Waals surface area contributed by atoms with Gasteiger partial charge in [0.25, 0.3) is 11.8 Å². The fourth-order valence-corrected chi connectivity index (χ4v) is 4.08. The lowest BCUT2D eigenvalue weighted by molar-refractivity contribution is 0.0725. The van der Waals surface area contributed by atoms with Gasteiger partial charge in [-0.2, -0.15) is 0 Å². The molecule has 5 rings (SSSR count). The predicted octanol–water partition coefficient (Wildman–Crippen LogP) is 3.43. The van der Waals surface area contributed by atoms with Crippen LogP contribution in [0, 0.1) is 0 Å². The zero-order valence-corrected chi connectivity index (χ0v) is 15.8. The number of fused-ring (bicyclic) bond motifs is 1. The molecule has 0 saturated carbocycles. The monoisotopic (exact) mass is 410 g/mol. The smallest absolute Gasteiger partial charge is 0.293 e. The molecule has 0 radical (unpaired) electrons. The Morgan fingerprint density at radius 3 is 2.79 bits per heavy atom. The van der Waals surface area contributed by atoms with Crippen LogP contribution in [-0.2, 0) is 13.0 Å². The van der Waals surface area contributed by atoms with E-state index in [2.05, 4.69) is 15.5 Å².